The second-order valence-corrected chi connectivity index (χ2v) is 6.08. The number of rotatable bonds is 5. The molecule has 2 rings (SSSR count). The molecule has 0 aliphatic rings. The van der Waals surface area contributed by atoms with Crippen molar-refractivity contribution in [3.05, 3.63) is 64.7 Å². The molecule has 2 nitrogen and oxygen atoms in total. The first-order valence-electron chi connectivity index (χ1n) is 6.84. The Labute approximate surface area is 132 Å². The third-order valence-electron chi connectivity index (χ3n) is 3.20. The summed E-state index contributed by atoms with van der Waals surface area (Å²) < 4.78 is 26.2. The highest BCUT2D eigenvalue weighted by atomic mass is 32.2. The maximum Gasteiger partial charge on any atom is 0.234 e. The van der Waals surface area contributed by atoms with E-state index >= 15 is 0 Å². The van der Waals surface area contributed by atoms with E-state index in [0.717, 1.165) is 12.1 Å². The highest BCUT2D eigenvalue weighted by Gasteiger charge is 2.08. The Hall–Kier alpha value is -1.88. The van der Waals surface area contributed by atoms with E-state index in [1.54, 1.807) is 0 Å². The number of benzene rings is 2. The van der Waals surface area contributed by atoms with Crippen LogP contribution in [0.4, 0.5) is 14.5 Å². The number of hydrogen-bond acceptors (Lipinski definition) is 2. The number of halogens is 2. The summed E-state index contributed by atoms with van der Waals surface area (Å²) in [6.07, 6.45) is 0. The second-order valence-electron chi connectivity index (χ2n) is 5.10. The minimum Gasteiger partial charge on any atom is -0.323 e. The summed E-state index contributed by atoms with van der Waals surface area (Å²) in [5.41, 5.74) is 3.55. The first-order valence-corrected chi connectivity index (χ1v) is 8.00. The fraction of sp³-hybridized carbons (Fsp3) is 0.235. The number of carbonyl (C=O) groups excluding carboxylic acids is 1. The smallest absolute Gasteiger partial charge is 0.234 e. The van der Waals surface area contributed by atoms with Crippen LogP contribution >= 0.6 is 11.8 Å². The van der Waals surface area contributed by atoms with Crippen LogP contribution in [0.25, 0.3) is 0 Å². The number of amides is 1. The summed E-state index contributed by atoms with van der Waals surface area (Å²) in [4.78, 5) is 11.8. The third kappa shape index (κ3) is 4.56. The van der Waals surface area contributed by atoms with E-state index in [4.69, 9.17) is 0 Å². The minimum absolute atomic E-state index is 0.00117. The zero-order chi connectivity index (χ0) is 16.1. The Bertz CT molecular complexity index is 688. The number of thioether (sulfide) groups is 1. The van der Waals surface area contributed by atoms with Crippen LogP contribution in [0.1, 0.15) is 16.7 Å². The molecule has 0 aliphatic heterocycles. The van der Waals surface area contributed by atoms with Crippen LogP contribution < -0.4 is 5.32 Å². The molecule has 22 heavy (non-hydrogen) atoms. The molecular weight excluding hydrogens is 304 g/mol. The molecule has 5 heteroatoms. The van der Waals surface area contributed by atoms with Crippen molar-refractivity contribution in [3.63, 3.8) is 0 Å². The van der Waals surface area contributed by atoms with Gasteiger partial charge in [0.2, 0.25) is 5.91 Å². The first kappa shape index (κ1) is 16.5. The molecule has 0 spiro atoms. The highest BCUT2D eigenvalue weighted by Crippen LogP contribution is 2.19. The lowest BCUT2D eigenvalue weighted by molar-refractivity contribution is -0.113. The quantitative estimate of drug-likeness (QED) is 0.881. The van der Waals surface area contributed by atoms with Gasteiger partial charge in [0.05, 0.1) is 11.4 Å². The normalized spacial score (nSPS) is 10.5. The van der Waals surface area contributed by atoms with E-state index in [1.807, 2.05) is 19.9 Å². The predicted molar refractivity (Wildman–Crippen MR) is 87.1 cm³/mol. The Kier molecular flexibility index (Phi) is 5.55. The molecule has 0 aliphatic carbocycles. The fourth-order valence-corrected chi connectivity index (χ4v) is 2.88. The van der Waals surface area contributed by atoms with Gasteiger partial charge in [0.15, 0.2) is 0 Å². The average molecular weight is 321 g/mol. The number of nitrogens with one attached hydrogen (secondary N) is 1. The van der Waals surface area contributed by atoms with E-state index in [1.165, 1.54) is 34.5 Å². The largest absolute Gasteiger partial charge is 0.323 e. The molecule has 2 aromatic carbocycles. The van der Waals surface area contributed by atoms with E-state index < -0.39 is 11.6 Å². The molecule has 0 saturated carbocycles. The van der Waals surface area contributed by atoms with Gasteiger partial charge in [-0.25, -0.2) is 8.78 Å². The standard InChI is InChI=1S/C17H17F2NOS/c1-11-3-4-12(2)13(7-11)9-22-10-17(21)20-16-6-5-14(18)8-15(16)19/h3-8H,9-10H2,1-2H3,(H,20,21). The summed E-state index contributed by atoms with van der Waals surface area (Å²) in [5, 5.41) is 2.45. The molecule has 1 amide bonds. The molecule has 0 saturated heterocycles. The van der Waals surface area contributed by atoms with E-state index in [2.05, 4.69) is 17.4 Å². The first-order chi connectivity index (χ1) is 10.5. The lowest BCUT2D eigenvalue weighted by Gasteiger charge is -2.08. The van der Waals surface area contributed by atoms with Crippen molar-refractivity contribution in [2.75, 3.05) is 11.1 Å². The summed E-state index contributed by atoms with van der Waals surface area (Å²) in [5.74, 6) is -0.815. The summed E-state index contributed by atoms with van der Waals surface area (Å²) in [6, 6.07) is 9.28. The summed E-state index contributed by atoms with van der Waals surface area (Å²) in [7, 11) is 0. The van der Waals surface area contributed by atoms with Gasteiger partial charge in [-0.3, -0.25) is 4.79 Å². The average Bonchev–Trinajstić information content (AvgIpc) is 2.46. The topological polar surface area (TPSA) is 29.1 Å². The van der Waals surface area contributed by atoms with Crippen molar-refractivity contribution in [1.82, 2.24) is 0 Å². The van der Waals surface area contributed by atoms with Crippen molar-refractivity contribution in [1.29, 1.82) is 0 Å². The van der Waals surface area contributed by atoms with Gasteiger partial charge in [0.1, 0.15) is 11.6 Å². The monoisotopic (exact) mass is 321 g/mol. The third-order valence-corrected chi connectivity index (χ3v) is 4.18. The molecule has 0 unspecified atom stereocenters. The molecule has 0 bridgehead atoms. The minimum atomic E-state index is -0.770. The molecule has 0 atom stereocenters. The molecule has 0 radical (unpaired) electrons. The lowest BCUT2D eigenvalue weighted by Crippen LogP contribution is -2.15. The number of carbonyl (C=O) groups is 1. The van der Waals surface area contributed by atoms with E-state index in [9.17, 15) is 13.6 Å². The molecule has 1 N–H and O–H groups in total. The second kappa shape index (κ2) is 7.40. The van der Waals surface area contributed by atoms with Gasteiger partial charge in [-0.15, -0.1) is 11.8 Å². The van der Waals surface area contributed by atoms with Crippen LogP contribution in [0.5, 0.6) is 0 Å². The van der Waals surface area contributed by atoms with Crippen molar-refractivity contribution in [3.8, 4) is 0 Å². The molecular formula is C17H17F2NOS. The van der Waals surface area contributed by atoms with Crippen LogP contribution in [0.2, 0.25) is 0 Å². The Morgan fingerprint density at radius 2 is 1.91 bits per heavy atom. The predicted octanol–water partition coefficient (Wildman–Crippen LogP) is 4.45. The summed E-state index contributed by atoms with van der Waals surface area (Å²) in [6.45, 7) is 4.06. The van der Waals surface area contributed by atoms with Gasteiger partial charge in [-0.05, 0) is 37.1 Å². The van der Waals surface area contributed by atoms with Gasteiger partial charge in [-0.1, -0.05) is 23.8 Å². The fourth-order valence-electron chi connectivity index (χ4n) is 1.99. The Balaban J connectivity index is 1.86. The molecule has 0 heterocycles. The Morgan fingerprint density at radius 1 is 1.14 bits per heavy atom. The Morgan fingerprint density at radius 3 is 2.64 bits per heavy atom. The van der Waals surface area contributed by atoms with Crippen LogP contribution in [0.15, 0.2) is 36.4 Å². The maximum absolute atomic E-state index is 13.4. The van der Waals surface area contributed by atoms with Crippen molar-refractivity contribution >= 4 is 23.4 Å². The molecule has 0 aromatic heterocycles. The van der Waals surface area contributed by atoms with Gasteiger partial charge in [-0.2, -0.15) is 0 Å². The van der Waals surface area contributed by atoms with Gasteiger partial charge < -0.3 is 5.32 Å². The van der Waals surface area contributed by atoms with Crippen LogP contribution in [-0.4, -0.2) is 11.7 Å². The van der Waals surface area contributed by atoms with Crippen LogP contribution in [0.3, 0.4) is 0 Å². The number of hydrogen-bond donors (Lipinski definition) is 1. The zero-order valence-corrected chi connectivity index (χ0v) is 13.3. The van der Waals surface area contributed by atoms with Gasteiger partial charge in [0, 0.05) is 11.8 Å². The van der Waals surface area contributed by atoms with E-state index in [0.29, 0.717) is 5.75 Å². The molecule has 116 valence electrons. The van der Waals surface area contributed by atoms with Crippen LogP contribution in [0, 0.1) is 25.5 Å². The molecule has 0 fully saturated rings. The lowest BCUT2D eigenvalue weighted by atomic mass is 10.1. The number of aryl methyl sites for hydroxylation is 2. The van der Waals surface area contributed by atoms with E-state index in [-0.39, 0.29) is 17.3 Å². The zero-order valence-electron chi connectivity index (χ0n) is 12.5. The molecule has 2 aromatic rings. The van der Waals surface area contributed by atoms with Crippen molar-refractivity contribution in [2.45, 2.75) is 19.6 Å². The van der Waals surface area contributed by atoms with Crippen molar-refractivity contribution < 1.29 is 13.6 Å². The van der Waals surface area contributed by atoms with Crippen LogP contribution in [-0.2, 0) is 10.5 Å². The van der Waals surface area contributed by atoms with Gasteiger partial charge in [0.25, 0.3) is 0 Å². The SMILES string of the molecule is Cc1ccc(C)c(CSCC(=O)Nc2ccc(F)cc2F)c1. The summed E-state index contributed by atoms with van der Waals surface area (Å²) >= 11 is 1.46. The van der Waals surface area contributed by atoms with Gasteiger partial charge >= 0.3 is 0 Å². The number of anilines is 1. The van der Waals surface area contributed by atoms with Crippen molar-refractivity contribution in [2.24, 2.45) is 0 Å². The highest BCUT2D eigenvalue weighted by molar-refractivity contribution is 7.99. The maximum atomic E-state index is 13.4.